The second-order valence-corrected chi connectivity index (χ2v) is 4.20. The molecule has 0 aromatic carbocycles. The summed E-state index contributed by atoms with van der Waals surface area (Å²) in [6.07, 6.45) is 0.525. The van der Waals surface area contributed by atoms with E-state index in [2.05, 4.69) is 4.74 Å². The molecule has 3 nitrogen and oxygen atoms in total. The molecular formula is C9H13NO2S. The number of thiophene rings is 1. The zero-order valence-corrected chi connectivity index (χ0v) is 8.56. The van der Waals surface area contributed by atoms with Gasteiger partial charge in [-0.3, -0.25) is 4.79 Å². The van der Waals surface area contributed by atoms with Crippen molar-refractivity contribution in [3.05, 3.63) is 22.4 Å². The largest absolute Gasteiger partial charge is 0.468 e. The van der Waals surface area contributed by atoms with Gasteiger partial charge in [-0.2, -0.15) is 0 Å². The number of esters is 1. The zero-order chi connectivity index (χ0) is 9.90. The minimum atomic E-state index is -0.917. The number of carbonyl (C=O) groups is 1. The van der Waals surface area contributed by atoms with E-state index in [1.807, 2.05) is 17.5 Å². The van der Waals surface area contributed by atoms with Crippen molar-refractivity contribution in [1.82, 2.24) is 0 Å². The predicted molar refractivity (Wildman–Crippen MR) is 52.6 cm³/mol. The Kier molecular flexibility index (Phi) is 3.06. The van der Waals surface area contributed by atoms with Crippen LogP contribution in [0.5, 0.6) is 0 Å². The topological polar surface area (TPSA) is 52.3 Å². The molecule has 72 valence electrons. The number of rotatable bonds is 3. The highest BCUT2D eigenvalue weighted by Crippen LogP contribution is 2.16. The summed E-state index contributed by atoms with van der Waals surface area (Å²) in [6, 6.07) is 3.89. The van der Waals surface area contributed by atoms with Crippen LogP contribution in [0, 0.1) is 0 Å². The molecule has 0 bridgehead atoms. The molecule has 0 radical (unpaired) electrons. The summed E-state index contributed by atoms with van der Waals surface area (Å²) in [6.45, 7) is 1.68. The first-order valence-corrected chi connectivity index (χ1v) is 4.84. The second-order valence-electron chi connectivity index (χ2n) is 3.17. The van der Waals surface area contributed by atoms with E-state index in [1.165, 1.54) is 7.11 Å². The van der Waals surface area contributed by atoms with Gasteiger partial charge in [-0.25, -0.2) is 0 Å². The Labute approximate surface area is 81.5 Å². The molecule has 0 unspecified atom stereocenters. The van der Waals surface area contributed by atoms with Crippen molar-refractivity contribution in [3.63, 3.8) is 0 Å². The molecule has 13 heavy (non-hydrogen) atoms. The van der Waals surface area contributed by atoms with Crippen LogP contribution in [-0.4, -0.2) is 18.6 Å². The summed E-state index contributed by atoms with van der Waals surface area (Å²) in [5, 5.41) is 1.96. The molecule has 2 N–H and O–H groups in total. The normalized spacial score (nSPS) is 15.0. The van der Waals surface area contributed by atoms with Crippen LogP contribution in [0.25, 0.3) is 0 Å². The molecule has 0 aliphatic heterocycles. The van der Waals surface area contributed by atoms with Crippen LogP contribution in [0.3, 0.4) is 0 Å². The summed E-state index contributed by atoms with van der Waals surface area (Å²) in [5.41, 5.74) is 4.88. The fourth-order valence-corrected chi connectivity index (χ4v) is 1.95. The van der Waals surface area contributed by atoms with E-state index < -0.39 is 5.54 Å². The van der Waals surface area contributed by atoms with E-state index >= 15 is 0 Å². The molecule has 1 rings (SSSR count). The third-order valence-electron chi connectivity index (χ3n) is 1.77. The molecule has 0 saturated carbocycles. The molecule has 1 aromatic heterocycles. The molecule has 1 atom stereocenters. The van der Waals surface area contributed by atoms with Gasteiger partial charge in [0.15, 0.2) is 0 Å². The minimum Gasteiger partial charge on any atom is -0.468 e. The lowest BCUT2D eigenvalue weighted by molar-refractivity contribution is -0.146. The highest BCUT2D eigenvalue weighted by Gasteiger charge is 2.29. The van der Waals surface area contributed by atoms with Crippen LogP contribution in [0.2, 0.25) is 0 Å². The SMILES string of the molecule is COC(=O)[C@@](C)(N)Cc1cccs1. The van der Waals surface area contributed by atoms with Gasteiger partial charge in [-0.1, -0.05) is 6.07 Å². The average molecular weight is 199 g/mol. The fourth-order valence-electron chi connectivity index (χ4n) is 1.08. The van der Waals surface area contributed by atoms with Crippen LogP contribution >= 0.6 is 11.3 Å². The monoisotopic (exact) mass is 199 g/mol. The van der Waals surface area contributed by atoms with Crippen molar-refractivity contribution in [1.29, 1.82) is 0 Å². The molecule has 0 aliphatic rings. The molecular weight excluding hydrogens is 186 g/mol. The smallest absolute Gasteiger partial charge is 0.325 e. The molecule has 1 aromatic rings. The number of nitrogens with two attached hydrogens (primary N) is 1. The molecule has 4 heteroatoms. The van der Waals surface area contributed by atoms with Gasteiger partial charge in [0.1, 0.15) is 5.54 Å². The molecule has 0 aliphatic carbocycles. The molecule has 0 fully saturated rings. The Morgan fingerprint density at radius 1 is 1.77 bits per heavy atom. The zero-order valence-electron chi connectivity index (χ0n) is 7.74. The van der Waals surface area contributed by atoms with Gasteiger partial charge in [0.25, 0.3) is 0 Å². The van der Waals surface area contributed by atoms with Gasteiger partial charge in [-0.05, 0) is 18.4 Å². The maximum absolute atomic E-state index is 11.2. The van der Waals surface area contributed by atoms with Crippen molar-refractivity contribution in [2.45, 2.75) is 18.9 Å². The Bertz CT molecular complexity index is 280. The minimum absolute atomic E-state index is 0.374. The maximum Gasteiger partial charge on any atom is 0.325 e. The number of methoxy groups -OCH3 is 1. The average Bonchev–Trinajstić information content (AvgIpc) is 2.54. The first-order valence-electron chi connectivity index (χ1n) is 3.96. The standard InChI is InChI=1S/C9H13NO2S/c1-9(10,8(11)12-2)6-7-4-3-5-13-7/h3-5H,6,10H2,1-2H3/t9-/m0/s1. The van der Waals surface area contributed by atoms with Gasteiger partial charge in [-0.15, -0.1) is 11.3 Å². The lowest BCUT2D eigenvalue weighted by Crippen LogP contribution is -2.47. The number of ether oxygens (including phenoxy) is 1. The predicted octanol–water partition coefficient (Wildman–Crippen LogP) is 1.18. The van der Waals surface area contributed by atoms with Crippen LogP contribution in [-0.2, 0) is 16.0 Å². The van der Waals surface area contributed by atoms with Crippen LogP contribution < -0.4 is 5.73 Å². The second kappa shape index (κ2) is 3.89. The van der Waals surface area contributed by atoms with Crippen molar-refractivity contribution in [2.24, 2.45) is 5.73 Å². The first kappa shape index (κ1) is 10.2. The third kappa shape index (κ3) is 2.54. The van der Waals surface area contributed by atoms with Gasteiger partial charge in [0.05, 0.1) is 7.11 Å². The van der Waals surface area contributed by atoms with Gasteiger partial charge >= 0.3 is 5.97 Å². The van der Waals surface area contributed by atoms with Crippen LogP contribution in [0.1, 0.15) is 11.8 Å². The molecule has 0 spiro atoms. The van der Waals surface area contributed by atoms with Crippen LogP contribution in [0.4, 0.5) is 0 Å². The molecule has 0 saturated heterocycles. The number of hydrogen-bond acceptors (Lipinski definition) is 4. The molecule has 1 heterocycles. The fraction of sp³-hybridized carbons (Fsp3) is 0.444. The van der Waals surface area contributed by atoms with E-state index in [4.69, 9.17) is 5.73 Å². The van der Waals surface area contributed by atoms with Crippen LogP contribution in [0.15, 0.2) is 17.5 Å². The van der Waals surface area contributed by atoms with Crippen molar-refractivity contribution >= 4 is 17.3 Å². The Balaban J connectivity index is 2.67. The van der Waals surface area contributed by atoms with Crippen molar-refractivity contribution in [3.8, 4) is 0 Å². The Hall–Kier alpha value is -0.870. The van der Waals surface area contributed by atoms with E-state index in [1.54, 1.807) is 18.3 Å². The van der Waals surface area contributed by atoms with Gasteiger partial charge < -0.3 is 10.5 Å². The van der Waals surface area contributed by atoms with E-state index in [-0.39, 0.29) is 5.97 Å². The third-order valence-corrected chi connectivity index (χ3v) is 2.65. The first-order chi connectivity index (χ1) is 6.06. The van der Waals surface area contributed by atoms with E-state index in [9.17, 15) is 4.79 Å². The van der Waals surface area contributed by atoms with Gasteiger partial charge in [0, 0.05) is 11.3 Å². The van der Waals surface area contributed by atoms with Crippen molar-refractivity contribution in [2.75, 3.05) is 7.11 Å². The highest BCUT2D eigenvalue weighted by molar-refractivity contribution is 7.09. The summed E-state index contributed by atoms with van der Waals surface area (Å²) in [5.74, 6) is -0.374. The highest BCUT2D eigenvalue weighted by atomic mass is 32.1. The number of hydrogen-bond donors (Lipinski definition) is 1. The summed E-state index contributed by atoms with van der Waals surface area (Å²) in [7, 11) is 1.35. The summed E-state index contributed by atoms with van der Waals surface area (Å²) in [4.78, 5) is 12.3. The number of carbonyl (C=O) groups excluding carboxylic acids is 1. The lowest BCUT2D eigenvalue weighted by atomic mass is 9.99. The lowest BCUT2D eigenvalue weighted by Gasteiger charge is -2.20. The van der Waals surface area contributed by atoms with E-state index in [0.29, 0.717) is 6.42 Å². The van der Waals surface area contributed by atoms with Crippen molar-refractivity contribution < 1.29 is 9.53 Å². The summed E-state index contributed by atoms with van der Waals surface area (Å²) >= 11 is 1.59. The summed E-state index contributed by atoms with van der Waals surface area (Å²) < 4.78 is 4.60. The Morgan fingerprint density at radius 2 is 2.46 bits per heavy atom. The van der Waals surface area contributed by atoms with E-state index in [0.717, 1.165) is 4.88 Å². The quantitative estimate of drug-likeness (QED) is 0.744. The maximum atomic E-state index is 11.2. The molecule has 0 amide bonds. The Morgan fingerprint density at radius 3 is 2.92 bits per heavy atom. The van der Waals surface area contributed by atoms with Gasteiger partial charge in [0.2, 0.25) is 0 Å².